The van der Waals surface area contributed by atoms with E-state index in [1.807, 2.05) is 18.2 Å². The first-order valence-corrected chi connectivity index (χ1v) is 23.5. The number of esters is 2. The molecule has 59 heavy (non-hydrogen) atoms. The molecule has 0 radical (unpaired) electrons. The summed E-state index contributed by atoms with van der Waals surface area (Å²) in [5.41, 5.74) is 3.26. The summed E-state index contributed by atoms with van der Waals surface area (Å²) in [5.74, 6) is 2.74. The van der Waals surface area contributed by atoms with Gasteiger partial charge in [0, 0.05) is 62.0 Å². The zero-order chi connectivity index (χ0) is 40.4. The second-order valence-electron chi connectivity index (χ2n) is 19.8. The molecule has 5 fully saturated rings. The number of hydrogen-bond donors (Lipinski definition) is 1. The number of benzene rings is 2. The number of rotatable bonds is 15. The summed E-state index contributed by atoms with van der Waals surface area (Å²) in [4.78, 5) is 44.6. The minimum Gasteiger partial charge on any atom is -0.477 e. The van der Waals surface area contributed by atoms with Gasteiger partial charge in [-0.05, 0) is 124 Å². The van der Waals surface area contributed by atoms with E-state index in [9.17, 15) is 19.5 Å². The summed E-state index contributed by atoms with van der Waals surface area (Å²) in [6.07, 6.45) is 21.0. The van der Waals surface area contributed by atoms with Crippen LogP contribution in [0.25, 0.3) is 0 Å². The molecule has 3 heterocycles. The van der Waals surface area contributed by atoms with E-state index in [1.54, 1.807) is 6.07 Å². The van der Waals surface area contributed by atoms with E-state index in [0.717, 1.165) is 73.8 Å². The second-order valence-corrected chi connectivity index (χ2v) is 19.8. The third kappa shape index (κ3) is 6.54. The first-order chi connectivity index (χ1) is 28.7. The molecule has 7 atom stereocenters. The van der Waals surface area contributed by atoms with E-state index in [4.69, 9.17) is 14.2 Å². The first kappa shape index (κ1) is 39.6. The number of Topliss-reactive ketones (excluding diaryl/α,β-unsaturated/α-hetero) is 1. The van der Waals surface area contributed by atoms with Gasteiger partial charge in [-0.2, -0.15) is 0 Å². The summed E-state index contributed by atoms with van der Waals surface area (Å²) in [5, 5.41) is 12.4. The quantitative estimate of drug-likeness (QED) is 0.0828. The van der Waals surface area contributed by atoms with Gasteiger partial charge in [-0.3, -0.25) is 24.2 Å². The Balaban J connectivity index is 0.677. The molecule has 2 saturated heterocycles. The summed E-state index contributed by atoms with van der Waals surface area (Å²) >= 11 is 0. The van der Waals surface area contributed by atoms with Crippen molar-refractivity contribution in [3.05, 3.63) is 65.2 Å². The fourth-order valence-corrected chi connectivity index (χ4v) is 13.8. The van der Waals surface area contributed by atoms with Crippen LogP contribution in [-0.4, -0.2) is 82.6 Å². The molecule has 10 rings (SSSR count). The zero-order valence-corrected chi connectivity index (χ0v) is 35.0. The number of carbonyl (C=O) groups is 3. The van der Waals surface area contributed by atoms with Crippen LogP contribution in [0.5, 0.6) is 17.2 Å². The highest BCUT2D eigenvalue weighted by Gasteiger charge is 2.73. The van der Waals surface area contributed by atoms with Crippen molar-refractivity contribution in [2.45, 2.75) is 169 Å². The van der Waals surface area contributed by atoms with Crippen molar-refractivity contribution in [1.29, 1.82) is 0 Å². The summed E-state index contributed by atoms with van der Waals surface area (Å²) in [6, 6.07) is 10.9. The van der Waals surface area contributed by atoms with Crippen molar-refractivity contribution in [1.82, 2.24) is 9.80 Å². The minimum absolute atomic E-state index is 0.0162. The molecule has 9 heteroatoms. The molecular weight excluding hydrogens is 741 g/mol. The van der Waals surface area contributed by atoms with Gasteiger partial charge in [0.25, 0.3) is 0 Å². The zero-order valence-electron chi connectivity index (χ0n) is 35.0. The standard InChI is InChI=1S/C50H64N2O7/c1-2-26-51-28-25-49-45-35-18-20-41(46(45)59-47(49)40(53)21-23-50(49,56)42(51)30-35)58-44(55)16-8-6-4-3-5-7-15-43(54)57-36-19-17-34-29-39-37-14-9-10-22-48(37,38(34)31-36)24-27-52(39)32-33-12-11-13-33/h2,17-20,31,33,37,39,42,47,56H,1,3-16,21-30,32H2. The topological polar surface area (TPSA) is 106 Å². The van der Waals surface area contributed by atoms with Gasteiger partial charge >= 0.3 is 11.9 Å². The average molecular weight is 805 g/mol. The number of ether oxygens (including phenoxy) is 3. The van der Waals surface area contributed by atoms with Gasteiger partial charge in [-0.1, -0.05) is 63.2 Å². The van der Waals surface area contributed by atoms with E-state index >= 15 is 0 Å². The summed E-state index contributed by atoms with van der Waals surface area (Å²) in [6.45, 7) is 7.87. The van der Waals surface area contributed by atoms with Crippen LogP contribution in [0.4, 0.5) is 0 Å². The largest absolute Gasteiger partial charge is 0.477 e. The Labute approximate surface area is 350 Å². The fraction of sp³-hybridized carbons (Fsp3) is 0.660. The van der Waals surface area contributed by atoms with Gasteiger partial charge in [0.05, 0.1) is 11.0 Å². The van der Waals surface area contributed by atoms with Crippen molar-refractivity contribution in [2.75, 3.05) is 26.2 Å². The maximum absolute atomic E-state index is 13.3. The molecule has 4 bridgehead atoms. The second kappa shape index (κ2) is 15.7. The Morgan fingerprint density at radius 3 is 2.39 bits per heavy atom. The van der Waals surface area contributed by atoms with Crippen LogP contribution in [0.15, 0.2) is 43.0 Å². The molecule has 1 N–H and O–H groups in total. The van der Waals surface area contributed by atoms with Gasteiger partial charge in [-0.25, -0.2) is 0 Å². The van der Waals surface area contributed by atoms with Crippen molar-refractivity contribution in [2.24, 2.45) is 11.8 Å². The van der Waals surface area contributed by atoms with Gasteiger partial charge in [0.2, 0.25) is 0 Å². The van der Waals surface area contributed by atoms with Crippen LogP contribution in [-0.2, 0) is 38.1 Å². The lowest BCUT2D eigenvalue weighted by atomic mass is 9.49. The molecule has 3 aliphatic heterocycles. The van der Waals surface area contributed by atoms with Crippen molar-refractivity contribution < 1.29 is 33.7 Å². The molecule has 5 aliphatic carbocycles. The molecule has 2 aromatic rings. The Hall–Kier alpha value is -3.53. The van der Waals surface area contributed by atoms with Gasteiger partial charge < -0.3 is 19.3 Å². The summed E-state index contributed by atoms with van der Waals surface area (Å²) in [7, 11) is 0. The van der Waals surface area contributed by atoms with Crippen LogP contribution in [0.1, 0.15) is 144 Å². The number of likely N-dealkylation sites (tertiary alicyclic amines) is 2. The molecule has 316 valence electrons. The molecule has 3 saturated carbocycles. The Morgan fingerprint density at radius 1 is 0.847 bits per heavy atom. The fourth-order valence-electron chi connectivity index (χ4n) is 13.8. The van der Waals surface area contributed by atoms with Gasteiger partial charge in [0.1, 0.15) is 5.75 Å². The number of unbranched alkanes of at least 4 members (excludes halogenated alkanes) is 5. The maximum atomic E-state index is 13.3. The third-order valence-electron chi connectivity index (χ3n) is 16.8. The van der Waals surface area contributed by atoms with Crippen LogP contribution >= 0.6 is 0 Å². The normalized spacial score (nSPS) is 32.9. The Morgan fingerprint density at radius 2 is 1.61 bits per heavy atom. The number of piperidine rings is 2. The number of hydrogen-bond acceptors (Lipinski definition) is 9. The number of ketones is 1. The minimum atomic E-state index is -1.09. The number of nitrogens with zero attached hydrogens (tertiary/aromatic N) is 2. The molecule has 0 amide bonds. The van der Waals surface area contributed by atoms with Crippen LogP contribution in [0.3, 0.4) is 0 Å². The maximum Gasteiger partial charge on any atom is 0.311 e. The van der Waals surface area contributed by atoms with Gasteiger partial charge in [-0.15, -0.1) is 6.58 Å². The smallest absolute Gasteiger partial charge is 0.311 e. The Kier molecular flexibility index (Phi) is 10.6. The van der Waals surface area contributed by atoms with E-state index in [2.05, 4.69) is 28.5 Å². The van der Waals surface area contributed by atoms with Crippen molar-refractivity contribution in [3.8, 4) is 17.2 Å². The first-order valence-electron chi connectivity index (χ1n) is 23.5. The highest BCUT2D eigenvalue weighted by molar-refractivity contribution is 5.90. The van der Waals surface area contributed by atoms with E-state index in [1.165, 1.54) is 75.6 Å². The highest BCUT2D eigenvalue weighted by atomic mass is 16.6. The van der Waals surface area contributed by atoms with E-state index in [0.29, 0.717) is 62.6 Å². The SMILES string of the molecule is C=CCN1CCC23c4c5ccc(OC(=O)CCCCCCCCC(=O)Oc6ccc7c(c6)C68CCCCC6C(C7)N(CC6CCC6)CC8)c4OC2C(=O)CCC3(O)C1C5. The number of carbonyl (C=O) groups excluding carboxylic acids is 3. The number of fused-ring (bicyclic) bond motifs is 1. The van der Waals surface area contributed by atoms with E-state index in [-0.39, 0.29) is 35.6 Å². The van der Waals surface area contributed by atoms with E-state index < -0.39 is 17.1 Å². The third-order valence-corrected chi connectivity index (χ3v) is 16.8. The van der Waals surface area contributed by atoms with Crippen LogP contribution < -0.4 is 14.2 Å². The highest BCUT2D eigenvalue weighted by Crippen LogP contribution is 2.65. The monoisotopic (exact) mass is 804 g/mol. The predicted molar refractivity (Wildman–Crippen MR) is 225 cm³/mol. The lowest BCUT2D eigenvalue weighted by Crippen LogP contribution is -2.76. The molecule has 8 aliphatic rings. The predicted octanol–water partition coefficient (Wildman–Crippen LogP) is 8.09. The Bertz CT molecular complexity index is 1990. The van der Waals surface area contributed by atoms with Gasteiger partial charge in [0.15, 0.2) is 23.4 Å². The molecule has 0 aromatic heterocycles. The van der Waals surface area contributed by atoms with Crippen molar-refractivity contribution in [3.63, 3.8) is 0 Å². The summed E-state index contributed by atoms with van der Waals surface area (Å²) < 4.78 is 18.3. The lowest BCUT2D eigenvalue weighted by molar-refractivity contribution is -0.187. The van der Waals surface area contributed by atoms with Crippen LogP contribution in [0.2, 0.25) is 0 Å². The molecule has 9 nitrogen and oxygen atoms in total. The lowest BCUT2D eigenvalue weighted by Gasteiger charge is -2.62. The van der Waals surface area contributed by atoms with Crippen molar-refractivity contribution >= 4 is 17.7 Å². The molecular formula is C50H64N2O7. The molecule has 7 unspecified atom stereocenters. The molecule has 1 spiro atoms. The average Bonchev–Trinajstić information content (AvgIpc) is 3.58. The molecule has 2 aromatic carbocycles. The van der Waals surface area contributed by atoms with Crippen LogP contribution in [0, 0.1) is 11.8 Å². The number of aliphatic hydroxyl groups is 1.